The maximum Gasteiger partial charge on any atom is 0.259 e. The minimum absolute atomic E-state index is 0.175. The maximum absolute atomic E-state index is 13.0. The van der Waals surface area contributed by atoms with Crippen molar-refractivity contribution in [3.05, 3.63) is 58.6 Å². The van der Waals surface area contributed by atoms with Crippen molar-refractivity contribution < 1.29 is 13.2 Å². The molecular formula is C18H19ClN2O3S. The minimum Gasteiger partial charge on any atom is -0.308 e. The first kappa shape index (κ1) is 17.8. The van der Waals surface area contributed by atoms with Crippen molar-refractivity contribution in [2.75, 3.05) is 29.1 Å². The number of carbonyl (C=O) groups excluding carboxylic acids is 1. The van der Waals surface area contributed by atoms with Crippen molar-refractivity contribution in [2.45, 2.75) is 12.8 Å². The van der Waals surface area contributed by atoms with E-state index in [1.54, 1.807) is 17.0 Å². The SMILES string of the molecule is CN(c1ccc(C(=O)N2CCCc3ccccc32)c(Cl)c1)S(C)(=O)=O. The van der Waals surface area contributed by atoms with Crippen molar-refractivity contribution in [1.29, 1.82) is 0 Å². The molecule has 132 valence electrons. The van der Waals surface area contributed by atoms with Crippen LogP contribution >= 0.6 is 11.6 Å². The van der Waals surface area contributed by atoms with Gasteiger partial charge in [0.1, 0.15) is 0 Å². The molecule has 2 aromatic rings. The third kappa shape index (κ3) is 3.50. The standard InChI is InChI=1S/C18H19ClN2O3S/c1-20(25(2,23)24)14-9-10-15(16(19)12-14)18(22)21-11-5-7-13-6-3-4-8-17(13)21/h3-4,6,8-10,12H,5,7,11H2,1-2H3. The number of fused-ring (bicyclic) bond motifs is 1. The lowest BCUT2D eigenvalue weighted by atomic mass is 10.0. The summed E-state index contributed by atoms with van der Waals surface area (Å²) in [6.07, 6.45) is 2.96. The van der Waals surface area contributed by atoms with Crippen LogP contribution in [-0.4, -0.2) is 34.2 Å². The summed E-state index contributed by atoms with van der Waals surface area (Å²) in [7, 11) is -1.94. The number of carbonyl (C=O) groups is 1. The molecule has 25 heavy (non-hydrogen) atoms. The number of aryl methyl sites for hydroxylation is 1. The van der Waals surface area contributed by atoms with Crippen LogP contribution in [0.5, 0.6) is 0 Å². The molecule has 3 rings (SSSR count). The van der Waals surface area contributed by atoms with Gasteiger partial charge in [-0.25, -0.2) is 8.42 Å². The molecule has 0 bridgehead atoms. The molecule has 1 amide bonds. The fraction of sp³-hybridized carbons (Fsp3) is 0.278. The average Bonchev–Trinajstić information content (AvgIpc) is 2.59. The molecular weight excluding hydrogens is 360 g/mol. The molecule has 7 heteroatoms. The van der Waals surface area contributed by atoms with E-state index in [0.717, 1.165) is 34.7 Å². The van der Waals surface area contributed by atoms with E-state index in [2.05, 4.69) is 0 Å². The van der Waals surface area contributed by atoms with Gasteiger partial charge in [-0.3, -0.25) is 9.10 Å². The molecule has 0 N–H and O–H groups in total. The first-order valence-corrected chi connectivity index (χ1v) is 10.1. The Balaban J connectivity index is 1.94. The number of amides is 1. The Hall–Kier alpha value is -2.05. The largest absolute Gasteiger partial charge is 0.308 e. The van der Waals surface area contributed by atoms with E-state index < -0.39 is 10.0 Å². The van der Waals surface area contributed by atoms with E-state index >= 15 is 0 Å². The van der Waals surface area contributed by atoms with Crippen molar-refractivity contribution in [2.24, 2.45) is 0 Å². The van der Waals surface area contributed by atoms with Gasteiger partial charge in [0, 0.05) is 19.3 Å². The summed E-state index contributed by atoms with van der Waals surface area (Å²) in [6.45, 7) is 0.636. The van der Waals surface area contributed by atoms with E-state index in [-0.39, 0.29) is 10.9 Å². The fourth-order valence-electron chi connectivity index (χ4n) is 2.95. The van der Waals surface area contributed by atoms with Gasteiger partial charge in [0.2, 0.25) is 10.0 Å². The Morgan fingerprint density at radius 3 is 2.60 bits per heavy atom. The van der Waals surface area contributed by atoms with Gasteiger partial charge in [0.05, 0.1) is 22.5 Å². The molecule has 0 fully saturated rings. The lowest BCUT2D eigenvalue weighted by Gasteiger charge is -2.30. The molecule has 0 spiro atoms. The maximum atomic E-state index is 13.0. The Bertz CT molecular complexity index is 928. The summed E-state index contributed by atoms with van der Waals surface area (Å²) < 4.78 is 24.4. The lowest BCUT2D eigenvalue weighted by Crippen LogP contribution is -2.35. The van der Waals surface area contributed by atoms with E-state index in [4.69, 9.17) is 11.6 Å². The molecule has 0 aromatic heterocycles. The zero-order valence-corrected chi connectivity index (χ0v) is 15.6. The zero-order chi connectivity index (χ0) is 18.2. The Kier molecular flexibility index (Phi) is 4.75. The number of rotatable bonds is 3. The van der Waals surface area contributed by atoms with Crippen molar-refractivity contribution >= 4 is 38.9 Å². The van der Waals surface area contributed by atoms with E-state index in [9.17, 15) is 13.2 Å². The Morgan fingerprint density at radius 1 is 1.20 bits per heavy atom. The van der Waals surface area contributed by atoms with E-state index in [1.807, 2.05) is 24.3 Å². The van der Waals surface area contributed by atoms with Gasteiger partial charge < -0.3 is 4.90 Å². The molecule has 0 atom stereocenters. The van der Waals surface area contributed by atoms with Crippen molar-refractivity contribution in [3.8, 4) is 0 Å². The molecule has 2 aromatic carbocycles. The number of sulfonamides is 1. The smallest absolute Gasteiger partial charge is 0.259 e. The Morgan fingerprint density at radius 2 is 1.92 bits per heavy atom. The predicted octanol–water partition coefficient (Wildman–Crippen LogP) is 3.33. The molecule has 0 unspecified atom stereocenters. The summed E-state index contributed by atoms with van der Waals surface area (Å²) in [5.74, 6) is -0.175. The van der Waals surface area contributed by atoms with Crippen molar-refractivity contribution in [3.63, 3.8) is 0 Å². The normalized spacial score (nSPS) is 14.1. The van der Waals surface area contributed by atoms with Crippen LogP contribution < -0.4 is 9.21 Å². The molecule has 1 aliphatic heterocycles. The second kappa shape index (κ2) is 6.69. The number of para-hydroxylation sites is 1. The monoisotopic (exact) mass is 378 g/mol. The molecule has 0 aliphatic carbocycles. The highest BCUT2D eigenvalue weighted by Crippen LogP contribution is 2.31. The van der Waals surface area contributed by atoms with Crippen LogP contribution in [0.4, 0.5) is 11.4 Å². The second-order valence-electron chi connectivity index (χ2n) is 6.08. The van der Waals surface area contributed by atoms with Crippen LogP contribution in [0, 0.1) is 0 Å². The first-order valence-electron chi connectivity index (χ1n) is 7.92. The zero-order valence-electron chi connectivity index (χ0n) is 14.1. The minimum atomic E-state index is -3.39. The third-order valence-electron chi connectivity index (χ3n) is 4.40. The summed E-state index contributed by atoms with van der Waals surface area (Å²) in [6, 6.07) is 12.5. The van der Waals surface area contributed by atoms with Crippen molar-refractivity contribution in [1.82, 2.24) is 0 Å². The van der Waals surface area contributed by atoms with E-state index in [0.29, 0.717) is 17.8 Å². The van der Waals surface area contributed by atoms with E-state index in [1.165, 1.54) is 13.1 Å². The van der Waals surface area contributed by atoms with Gasteiger partial charge in [0.15, 0.2) is 0 Å². The molecule has 1 heterocycles. The number of hydrogen-bond acceptors (Lipinski definition) is 3. The third-order valence-corrected chi connectivity index (χ3v) is 5.92. The molecule has 5 nitrogen and oxygen atoms in total. The van der Waals surface area contributed by atoms with Gasteiger partial charge in [-0.2, -0.15) is 0 Å². The lowest BCUT2D eigenvalue weighted by molar-refractivity contribution is 0.0985. The summed E-state index contributed by atoms with van der Waals surface area (Å²) in [4.78, 5) is 14.7. The number of benzene rings is 2. The van der Waals surface area contributed by atoms with Gasteiger partial charge in [-0.15, -0.1) is 0 Å². The highest BCUT2D eigenvalue weighted by molar-refractivity contribution is 7.92. The predicted molar refractivity (Wildman–Crippen MR) is 101 cm³/mol. The van der Waals surface area contributed by atoms with Crippen LogP contribution in [0.2, 0.25) is 5.02 Å². The number of nitrogens with zero attached hydrogens (tertiary/aromatic N) is 2. The molecule has 1 aliphatic rings. The van der Waals surface area contributed by atoms with Gasteiger partial charge in [-0.1, -0.05) is 29.8 Å². The quantitative estimate of drug-likeness (QED) is 0.823. The topological polar surface area (TPSA) is 57.7 Å². The van der Waals surface area contributed by atoms with Gasteiger partial charge in [0.25, 0.3) is 5.91 Å². The Labute approximate surface area is 152 Å². The average molecular weight is 379 g/mol. The number of hydrogen-bond donors (Lipinski definition) is 0. The van der Waals surface area contributed by atoms with Crippen LogP contribution in [0.25, 0.3) is 0 Å². The highest BCUT2D eigenvalue weighted by Gasteiger charge is 2.25. The van der Waals surface area contributed by atoms with Crippen LogP contribution in [0.1, 0.15) is 22.3 Å². The molecule has 0 saturated heterocycles. The van der Waals surface area contributed by atoms with Gasteiger partial charge in [-0.05, 0) is 42.7 Å². The fourth-order valence-corrected chi connectivity index (χ4v) is 3.71. The number of anilines is 2. The van der Waals surface area contributed by atoms with Crippen LogP contribution in [0.3, 0.4) is 0 Å². The van der Waals surface area contributed by atoms with Crippen LogP contribution in [0.15, 0.2) is 42.5 Å². The highest BCUT2D eigenvalue weighted by atomic mass is 35.5. The number of halogens is 1. The molecule has 0 saturated carbocycles. The first-order chi connectivity index (χ1) is 11.8. The second-order valence-corrected chi connectivity index (χ2v) is 8.50. The summed E-state index contributed by atoms with van der Waals surface area (Å²) in [5.41, 5.74) is 2.84. The summed E-state index contributed by atoms with van der Waals surface area (Å²) in [5, 5.41) is 0.237. The molecule has 0 radical (unpaired) electrons. The summed E-state index contributed by atoms with van der Waals surface area (Å²) >= 11 is 6.30. The van der Waals surface area contributed by atoms with Crippen LogP contribution in [-0.2, 0) is 16.4 Å². The van der Waals surface area contributed by atoms with Gasteiger partial charge >= 0.3 is 0 Å².